The summed E-state index contributed by atoms with van der Waals surface area (Å²) in [4.78, 5) is 28.0. The van der Waals surface area contributed by atoms with Crippen molar-refractivity contribution in [3.8, 4) is 0 Å². The van der Waals surface area contributed by atoms with Crippen LogP contribution in [0.2, 0.25) is 0 Å². The fraction of sp³-hybridized carbons (Fsp3) is 0.481. The topological polar surface area (TPSA) is 86.8 Å². The minimum absolute atomic E-state index is 0.0141. The molecule has 7 nitrogen and oxygen atoms in total. The van der Waals surface area contributed by atoms with Gasteiger partial charge in [0.1, 0.15) is 11.9 Å². The summed E-state index contributed by atoms with van der Waals surface area (Å²) in [6.07, 6.45) is 1.64. The number of amides is 2. The minimum atomic E-state index is -3.76. The highest BCUT2D eigenvalue weighted by Gasteiger charge is 2.29. The zero-order chi connectivity index (χ0) is 26.9. The van der Waals surface area contributed by atoms with E-state index in [1.807, 2.05) is 52.0 Å². The van der Waals surface area contributed by atoms with Crippen LogP contribution in [0.25, 0.3) is 0 Å². The van der Waals surface area contributed by atoms with Crippen molar-refractivity contribution in [1.82, 2.24) is 10.2 Å². The molecule has 0 heterocycles. The number of carbonyl (C=O) groups is 2. The number of sulfonamides is 1. The number of carbonyl (C=O) groups excluding carboxylic acids is 2. The fourth-order valence-electron chi connectivity index (χ4n) is 3.99. The standard InChI is InChI=1S/C27H38FN3O4S/c1-6-24(27(33)29-18-20(2)3)30(19-22-12-9-11-21(4)17-22)26(32)15-10-16-31(36(5,34)35)25-14-8-7-13-23(25)28/h7-9,11-14,17,20,24H,6,10,15-16,18-19H2,1-5H3,(H,29,33)/t24-/m1/s1. The van der Waals surface area contributed by atoms with Gasteiger partial charge in [0.05, 0.1) is 11.9 Å². The highest BCUT2D eigenvalue weighted by Crippen LogP contribution is 2.22. The normalized spacial score (nSPS) is 12.3. The molecule has 0 aliphatic heterocycles. The first-order valence-electron chi connectivity index (χ1n) is 12.3. The van der Waals surface area contributed by atoms with Gasteiger partial charge in [-0.2, -0.15) is 0 Å². The van der Waals surface area contributed by atoms with Gasteiger partial charge in [-0.05, 0) is 43.4 Å². The van der Waals surface area contributed by atoms with E-state index < -0.39 is 21.9 Å². The van der Waals surface area contributed by atoms with E-state index in [9.17, 15) is 22.4 Å². The number of anilines is 1. The number of benzene rings is 2. The molecule has 1 N–H and O–H groups in total. The fourth-order valence-corrected chi connectivity index (χ4v) is 4.95. The molecule has 0 unspecified atom stereocenters. The highest BCUT2D eigenvalue weighted by atomic mass is 32.2. The molecular formula is C27H38FN3O4S. The lowest BCUT2D eigenvalue weighted by atomic mass is 10.1. The average Bonchev–Trinajstić information content (AvgIpc) is 2.80. The van der Waals surface area contributed by atoms with Gasteiger partial charge in [-0.15, -0.1) is 0 Å². The van der Waals surface area contributed by atoms with E-state index in [2.05, 4.69) is 5.32 Å². The van der Waals surface area contributed by atoms with Gasteiger partial charge >= 0.3 is 0 Å². The number of para-hydroxylation sites is 1. The lowest BCUT2D eigenvalue weighted by molar-refractivity contribution is -0.141. The Morgan fingerprint density at radius 2 is 1.78 bits per heavy atom. The molecule has 2 amide bonds. The Kier molecular flexibility index (Phi) is 10.9. The van der Waals surface area contributed by atoms with Gasteiger partial charge in [0.15, 0.2) is 0 Å². The molecule has 36 heavy (non-hydrogen) atoms. The molecule has 0 radical (unpaired) electrons. The van der Waals surface area contributed by atoms with E-state index in [1.165, 1.54) is 18.2 Å². The summed E-state index contributed by atoms with van der Waals surface area (Å²) in [5, 5.41) is 2.93. The largest absolute Gasteiger partial charge is 0.354 e. The van der Waals surface area contributed by atoms with Gasteiger partial charge in [-0.25, -0.2) is 12.8 Å². The van der Waals surface area contributed by atoms with Crippen molar-refractivity contribution in [2.75, 3.05) is 23.7 Å². The van der Waals surface area contributed by atoms with Crippen LogP contribution in [0.3, 0.4) is 0 Å². The Balaban J connectivity index is 2.22. The number of halogens is 1. The number of hydrogen-bond acceptors (Lipinski definition) is 4. The summed E-state index contributed by atoms with van der Waals surface area (Å²) in [7, 11) is -3.76. The summed E-state index contributed by atoms with van der Waals surface area (Å²) < 4.78 is 40.0. The van der Waals surface area contributed by atoms with Crippen LogP contribution in [-0.2, 0) is 26.2 Å². The molecule has 2 aromatic carbocycles. The molecule has 0 aliphatic carbocycles. The minimum Gasteiger partial charge on any atom is -0.354 e. The summed E-state index contributed by atoms with van der Waals surface area (Å²) >= 11 is 0. The highest BCUT2D eigenvalue weighted by molar-refractivity contribution is 7.92. The number of hydrogen-bond donors (Lipinski definition) is 1. The Morgan fingerprint density at radius 1 is 1.08 bits per heavy atom. The van der Waals surface area contributed by atoms with Crippen molar-refractivity contribution >= 4 is 27.5 Å². The van der Waals surface area contributed by atoms with Crippen molar-refractivity contribution in [3.63, 3.8) is 0 Å². The van der Waals surface area contributed by atoms with Crippen LogP contribution < -0.4 is 9.62 Å². The van der Waals surface area contributed by atoms with Crippen LogP contribution in [-0.4, -0.2) is 50.5 Å². The third-order valence-electron chi connectivity index (χ3n) is 5.78. The number of nitrogens with one attached hydrogen (secondary N) is 1. The van der Waals surface area contributed by atoms with Gasteiger partial charge in [0.25, 0.3) is 0 Å². The SMILES string of the molecule is CC[C@H](C(=O)NCC(C)C)N(Cc1cccc(C)c1)C(=O)CCCN(c1ccccc1F)S(C)(=O)=O. The molecule has 0 saturated carbocycles. The maximum Gasteiger partial charge on any atom is 0.242 e. The number of rotatable bonds is 13. The number of nitrogens with zero attached hydrogens (tertiary/aromatic N) is 2. The van der Waals surface area contributed by atoms with Gasteiger partial charge < -0.3 is 10.2 Å². The van der Waals surface area contributed by atoms with Crippen molar-refractivity contribution in [2.24, 2.45) is 5.92 Å². The van der Waals surface area contributed by atoms with Gasteiger partial charge in [0.2, 0.25) is 21.8 Å². The smallest absolute Gasteiger partial charge is 0.242 e. The van der Waals surface area contributed by atoms with E-state index in [4.69, 9.17) is 0 Å². The lowest BCUT2D eigenvalue weighted by Gasteiger charge is -2.31. The van der Waals surface area contributed by atoms with Crippen LogP contribution >= 0.6 is 0 Å². The predicted octanol–water partition coefficient (Wildman–Crippen LogP) is 4.26. The monoisotopic (exact) mass is 519 g/mol. The van der Waals surface area contributed by atoms with E-state index in [0.717, 1.165) is 21.7 Å². The van der Waals surface area contributed by atoms with E-state index in [-0.39, 0.29) is 49.4 Å². The quantitative estimate of drug-likeness (QED) is 0.428. The van der Waals surface area contributed by atoms with E-state index >= 15 is 0 Å². The second-order valence-electron chi connectivity index (χ2n) is 9.46. The summed E-state index contributed by atoms with van der Waals surface area (Å²) in [5.41, 5.74) is 1.90. The van der Waals surface area contributed by atoms with Crippen molar-refractivity contribution in [1.29, 1.82) is 0 Å². The molecule has 198 valence electrons. The van der Waals surface area contributed by atoms with Crippen LogP contribution in [0.5, 0.6) is 0 Å². The Hall–Kier alpha value is -2.94. The third-order valence-corrected chi connectivity index (χ3v) is 6.96. The molecule has 0 saturated heterocycles. The summed E-state index contributed by atoms with van der Waals surface area (Å²) in [6.45, 7) is 8.54. The van der Waals surface area contributed by atoms with Gasteiger partial charge in [-0.1, -0.05) is 62.7 Å². The Bertz CT molecular complexity index is 1140. The molecule has 9 heteroatoms. The first kappa shape index (κ1) is 29.3. The predicted molar refractivity (Wildman–Crippen MR) is 141 cm³/mol. The molecule has 0 bridgehead atoms. The number of aryl methyl sites for hydroxylation is 1. The molecule has 0 aromatic heterocycles. The van der Waals surface area contributed by atoms with E-state index in [0.29, 0.717) is 13.0 Å². The van der Waals surface area contributed by atoms with E-state index in [1.54, 1.807) is 11.0 Å². The maximum absolute atomic E-state index is 14.3. The summed E-state index contributed by atoms with van der Waals surface area (Å²) in [6, 6.07) is 12.7. The average molecular weight is 520 g/mol. The molecule has 2 aromatic rings. The lowest BCUT2D eigenvalue weighted by Crippen LogP contribution is -2.49. The zero-order valence-electron chi connectivity index (χ0n) is 21.8. The van der Waals surface area contributed by atoms with Crippen LogP contribution in [0.1, 0.15) is 51.2 Å². The molecule has 0 spiro atoms. The molecule has 0 fully saturated rings. The second kappa shape index (κ2) is 13.4. The maximum atomic E-state index is 14.3. The summed E-state index contributed by atoms with van der Waals surface area (Å²) in [5.74, 6) is -0.850. The zero-order valence-corrected chi connectivity index (χ0v) is 22.6. The van der Waals surface area contributed by atoms with Crippen molar-refractivity contribution in [3.05, 3.63) is 65.5 Å². The second-order valence-corrected chi connectivity index (χ2v) is 11.4. The first-order valence-corrected chi connectivity index (χ1v) is 14.1. The molecule has 1 atom stereocenters. The molecular weight excluding hydrogens is 481 g/mol. The van der Waals surface area contributed by atoms with Crippen molar-refractivity contribution in [2.45, 2.75) is 59.5 Å². The van der Waals surface area contributed by atoms with Gasteiger partial charge in [-0.3, -0.25) is 13.9 Å². The Labute approximate surface area is 214 Å². The van der Waals surface area contributed by atoms with Crippen molar-refractivity contribution < 1.29 is 22.4 Å². The molecule has 0 aliphatic rings. The van der Waals surface area contributed by atoms with Crippen LogP contribution in [0, 0.1) is 18.7 Å². The first-order chi connectivity index (χ1) is 16.9. The van der Waals surface area contributed by atoms with Gasteiger partial charge in [0, 0.05) is 26.1 Å². The molecule has 2 rings (SSSR count). The third kappa shape index (κ3) is 8.62. The Morgan fingerprint density at radius 3 is 2.36 bits per heavy atom. The van der Waals surface area contributed by atoms with Crippen LogP contribution in [0.15, 0.2) is 48.5 Å². The van der Waals surface area contributed by atoms with Crippen LogP contribution in [0.4, 0.5) is 10.1 Å².